The number of hydrogen-bond donors (Lipinski definition) is 1. The Balaban J connectivity index is 1.55. The van der Waals surface area contributed by atoms with E-state index in [2.05, 4.69) is 10.2 Å². The number of carbonyl (C=O) groups excluding carboxylic acids is 2. The molecule has 2 N–H and O–H groups in total. The van der Waals surface area contributed by atoms with E-state index in [1.54, 1.807) is 30.3 Å². The molecule has 32 heavy (non-hydrogen) atoms. The van der Waals surface area contributed by atoms with Crippen LogP contribution in [0.1, 0.15) is 11.7 Å². The van der Waals surface area contributed by atoms with Gasteiger partial charge in [-0.3, -0.25) is 14.2 Å². The summed E-state index contributed by atoms with van der Waals surface area (Å²) < 4.78 is 7.25. The molecule has 160 valence electrons. The molecular formula is C24H20N4O3S. The molecule has 7 nitrogen and oxygen atoms in total. The fraction of sp³-hybridized carbons (Fsp3) is 0.0833. The van der Waals surface area contributed by atoms with Crippen LogP contribution in [0, 0.1) is 0 Å². The van der Waals surface area contributed by atoms with Gasteiger partial charge in [-0.05, 0) is 12.1 Å². The van der Waals surface area contributed by atoms with E-state index in [0.29, 0.717) is 16.5 Å². The fourth-order valence-corrected chi connectivity index (χ4v) is 3.89. The van der Waals surface area contributed by atoms with E-state index in [0.717, 1.165) is 11.3 Å². The lowest BCUT2D eigenvalue weighted by atomic mass is 10.1. The SMILES string of the molecule is NC(=O)C(OC(=O)CSc1nnc(-c2ccccc2)n1-c1ccccc1)c1ccccc1. The second kappa shape index (κ2) is 9.93. The first-order valence-electron chi connectivity index (χ1n) is 9.86. The van der Waals surface area contributed by atoms with Gasteiger partial charge in [0.2, 0.25) is 6.10 Å². The van der Waals surface area contributed by atoms with E-state index in [4.69, 9.17) is 10.5 Å². The first-order chi connectivity index (χ1) is 15.6. The molecule has 0 radical (unpaired) electrons. The highest BCUT2D eigenvalue weighted by molar-refractivity contribution is 7.99. The molecule has 1 amide bonds. The molecule has 8 heteroatoms. The van der Waals surface area contributed by atoms with Crippen LogP contribution in [-0.4, -0.2) is 32.4 Å². The van der Waals surface area contributed by atoms with Crippen molar-refractivity contribution in [3.05, 3.63) is 96.6 Å². The summed E-state index contributed by atoms with van der Waals surface area (Å²) in [4.78, 5) is 24.3. The minimum atomic E-state index is -1.14. The molecule has 0 bridgehead atoms. The zero-order valence-electron chi connectivity index (χ0n) is 17.0. The fourth-order valence-electron chi connectivity index (χ4n) is 3.15. The molecule has 0 fully saturated rings. The number of primary amides is 1. The number of esters is 1. The highest BCUT2D eigenvalue weighted by Crippen LogP contribution is 2.28. The molecule has 3 aromatic carbocycles. The van der Waals surface area contributed by atoms with Gasteiger partial charge in [0.25, 0.3) is 5.91 Å². The largest absolute Gasteiger partial charge is 0.447 e. The summed E-state index contributed by atoms with van der Waals surface area (Å²) in [5.74, 6) is -0.706. The van der Waals surface area contributed by atoms with Gasteiger partial charge in [-0.15, -0.1) is 10.2 Å². The number of thioether (sulfide) groups is 1. The molecule has 0 aliphatic rings. The van der Waals surface area contributed by atoms with Crippen molar-refractivity contribution in [3.63, 3.8) is 0 Å². The summed E-state index contributed by atoms with van der Waals surface area (Å²) in [6, 6.07) is 28.0. The van der Waals surface area contributed by atoms with E-state index in [1.807, 2.05) is 65.2 Å². The smallest absolute Gasteiger partial charge is 0.317 e. The second-order valence-corrected chi connectivity index (χ2v) is 7.76. The Labute approximate surface area is 189 Å². The van der Waals surface area contributed by atoms with Gasteiger partial charge in [0.05, 0.1) is 5.75 Å². The molecule has 4 rings (SSSR count). The first kappa shape index (κ1) is 21.3. The van der Waals surface area contributed by atoms with Crippen LogP contribution in [0.25, 0.3) is 17.1 Å². The number of nitrogens with two attached hydrogens (primary N) is 1. The molecule has 1 heterocycles. The molecule has 0 saturated carbocycles. The number of amides is 1. The minimum absolute atomic E-state index is 0.0592. The van der Waals surface area contributed by atoms with Gasteiger partial charge in [-0.1, -0.05) is 90.6 Å². The Morgan fingerprint density at radius 3 is 2.09 bits per heavy atom. The van der Waals surface area contributed by atoms with Crippen LogP contribution in [-0.2, 0) is 14.3 Å². The summed E-state index contributed by atoms with van der Waals surface area (Å²) in [7, 11) is 0. The van der Waals surface area contributed by atoms with Crippen molar-refractivity contribution in [2.24, 2.45) is 5.73 Å². The van der Waals surface area contributed by atoms with Gasteiger partial charge in [0, 0.05) is 16.8 Å². The zero-order chi connectivity index (χ0) is 22.3. The molecule has 0 spiro atoms. The molecule has 1 aromatic heterocycles. The maximum absolute atomic E-state index is 12.5. The van der Waals surface area contributed by atoms with Gasteiger partial charge in [0.1, 0.15) is 0 Å². The second-order valence-electron chi connectivity index (χ2n) is 6.81. The number of para-hydroxylation sites is 1. The average Bonchev–Trinajstić information content (AvgIpc) is 3.27. The highest BCUT2D eigenvalue weighted by Gasteiger charge is 2.23. The number of nitrogens with zero attached hydrogens (tertiary/aromatic N) is 3. The number of benzene rings is 3. The standard InChI is InChI=1S/C24H20N4O3S/c25-22(30)21(17-10-4-1-5-11-17)31-20(29)16-32-24-27-26-23(18-12-6-2-7-13-18)28(24)19-14-8-3-9-15-19/h1-15,21H,16H2,(H2,25,30). The average molecular weight is 445 g/mol. The Kier molecular flexibility index (Phi) is 6.62. The minimum Gasteiger partial charge on any atom is -0.447 e. The number of carbonyl (C=O) groups is 2. The van der Waals surface area contributed by atoms with E-state index in [-0.39, 0.29) is 5.75 Å². The molecule has 0 aliphatic heterocycles. The van der Waals surface area contributed by atoms with E-state index < -0.39 is 18.0 Å². The van der Waals surface area contributed by atoms with Crippen molar-refractivity contribution in [3.8, 4) is 17.1 Å². The van der Waals surface area contributed by atoms with Crippen LogP contribution in [0.4, 0.5) is 0 Å². The molecule has 0 aliphatic carbocycles. The quantitative estimate of drug-likeness (QED) is 0.328. The van der Waals surface area contributed by atoms with Gasteiger partial charge < -0.3 is 10.5 Å². The van der Waals surface area contributed by atoms with E-state index >= 15 is 0 Å². The molecule has 4 aromatic rings. The van der Waals surface area contributed by atoms with Crippen molar-refractivity contribution >= 4 is 23.6 Å². The van der Waals surface area contributed by atoms with Crippen LogP contribution in [0.15, 0.2) is 96.2 Å². The first-order valence-corrected chi connectivity index (χ1v) is 10.8. The van der Waals surface area contributed by atoms with Crippen molar-refractivity contribution in [1.29, 1.82) is 0 Å². The molecule has 0 saturated heterocycles. The van der Waals surface area contributed by atoms with Crippen LogP contribution in [0.3, 0.4) is 0 Å². The van der Waals surface area contributed by atoms with E-state index in [1.165, 1.54) is 11.8 Å². The van der Waals surface area contributed by atoms with Crippen LogP contribution in [0.5, 0.6) is 0 Å². The third-order valence-corrected chi connectivity index (χ3v) is 5.51. The lowest BCUT2D eigenvalue weighted by Crippen LogP contribution is -2.26. The summed E-state index contributed by atoms with van der Waals surface area (Å²) in [6.07, 6.45) is -1.14. The molecule has 1 atom stereocenters. The van der Waals surface area contributed by atoms with Crippen LogP contribution < -0.4 is 5.73 Å². The summed E-state index contributed by atoms with van der Waals surface area (Å²) in [6.45, 7) is 0. The van der Waals surface area contributed by atoms with Crippen LogP contribution >= 0.6 is 11.8 Å². The Hall–Kier alpha value is -3.91. The summed E-state index contributed by atoms with van der Waals surface area (Å²) in [5.41, 5.74) is 7.73. The normalized spacial score (nSPS) is 11.6. The number of hydrogen-bond acceptors (Lipinski definition) is 6. The lowest BCUT2D eigenvalue weighted by Gasteiger charge is -2.15. The van der Waals surface area contributed by atoms with Gasteiger partial charge in [-0.2, -0.15) is 0 Å². The van der Waals surface area contributed by atoms with E-state index in [9.17, 15) is 9.59 Å². The number of aromatic nitrogens is 3. The van der Waals surface area contributed by atoms with Crippen molar-refractivity contribution < 1.29 is 14.3 Å². The molecular weight excluding hydrogens is 424 g/mol. The predicted molar refractivity (Wildman–Crippen MR) is 122 cm³/mol. The number of rotatable bonds is 8. The zero-order valence-corrected chi connectivity index (χ0v) is 17.8. The lowest BCUT2D eigenvalue weighted by molar-refractivity contribution is -0.152. The third-order valence-electron chi connectivity index (χ3n) is 4.61. The third kappa shape index (κ3) is 4.87. The molecule has 1 unspecified atom stereocenters. The monoisotopic (exact) mass is 444 g/mol. The van der Waals surface area contributed by atoms with Crippen molar-refractivity contribution in [2.45, 2.75) is 11.3 Å². The predicted octanol–water partition coefficient (Wildman–Crippen LogP) is 3.80. The van der Waals surface area contributed by atoms with Gasteiger partial charge in [-0.25, -0.2) is 0 Å². The highest BCUT2D eigenvalue weighted by atomic mass is 32.2. The van der Waals surface area contributed by atoms with Gasteiger partial charge >= 0.3 is 5.97 Å². The Morgan fingerprint density at radius 1 is 0.875 bits per heavy atom. The van der Waals surface area contributed by atoms with Crippen molar-refractivity contribution in [2.75, 3.05) is 5.75 Å². The van der Waals surface area contributed by atoms with Crippen molar-refractivity contribution in [1.82, 2.24) is 14.8 Å². The maximum atomic E-state index is 12.5. The van der Waals surface area contributed by atoms with Crippen LogP contribution in [0.2, 0.25) is 0 Å². The summed E-state index contributed by atoms with van der Waals surface area (Å²) in [5, 5.41) is 9.16. The number of ether oxygens (including phenoxy) is 1. The topological polar surface area (TPSA) is 100 Å². The van der Waals surface area contributed by atoms with Gasteiger partial charge in [0.15, 0.2) is 11.0 Å². The summed E-state index contributed by atoms with van der Waals surface area (Å²) >= 11 is 1.18. The maximum Gasteiger partial charge on any atom is 0.317 e. The Bertz CT molecular complexity index is 1200. The Morgan fingerprint density at radius 2 is 1.47 bits per heavy atom.